The van der Waals surface area contributed by atoms with Crippen LogP contribution in [0.3, 0.4) is 0 Å². The van der Waals surface area contributed by atoms with Gasteiger partial charge in [-0.1, -0.05) is 18.7 Å². The van der Waals surface area contributed by atoms with E-state index in [2.05, 4.69) is 34.2 Å². The number of carbonyl (C=O) groups excluding carboxylic acids is 1. The van der Waals surface area contributed by atoms with E-state index in [1.165, 1.54) is 0 Å². The van der Waals surface area contributed by atoms with Crippen LogP contribution in [-0.4, -0.2) is 25.6 Å². The molecule has 0 spiro atoms. The molecule has 5 nitrogen and oxygen atoms in total. The van der Waals surface area contributed by atoms with E-state index in [1.54, 1.807) is 31.4 Å². The molecule has 132 valence electrons. The lowest BCUT2D eigenvalue weighted by Gasteiger charge is -2.09. The van der Waals surface area contributed by atoms with Gasteiger partial charge in [0.15, 0.2) is 17.2 Å². The summed E-state index contributed by atoms with van der Waals surface area (Å²) < 4.78 is 17.2. The second kappa shape index (κ2) is 8.18. The van der Waals surface area contributed by atoms with Crippen molar-refractivity contribution in [1.82, 2.24) is 0 Å². The molecular formula is C20H16INO4. The van der Waals surface area contributed by atoms with Crippen LogP contribution in [0.5, 0.6) is 11.5 Å². The number of halogens is 1. The zero-order chi connectivity index (χ0) is 18.5. The first-order valence-corrected chi connectivity index (χ1v) is 8.89. The van der Waals surface area contributed by atoms with E-state index >= 15 is 0 Å². The van der Waals surface area contributed by atoms with E-state index in [1.807, 2.05) is 30.3 Å². The number of cyclic esters (lactones) is 1. The van der Waals surface area contributed by atoms with Crippen LogP contribution in [0.25, 0.3) is 6.08 Å². The van der Waals surface area contributed by atoms with Gasteiger partial charge in [-0.05, 0) is 70.6 Å². The molecule has 3 rings (SSSR count). The third kappa shape index (κ3) is 4.13. The van der Waals surface area contributed by atoms with E-state index in [0.717, 1.165) is 14.7 Å². The van der Waals surface area contributed by atoms with Crippen LogP contribution in [0.1, 0.15) is 11.1 Å². The summed E-state index contributed by atoms with van der Waals surface area (Å²) in [4.78, 5) is 16.4. The van der Waals surface area contributed by atoms with Crippen molar-refractivity contribution in [1.29, 1.82) is 0 Å². The van der Waals surface area contributed by atoms with Gasteiger partial charge < -0.3 is 14.2 Å². The van der Waals surface area contributed by atoms with Gasteiger partial charge in [-0.15, -0.1) is 0 Å². The highest BCUT2D eigenvalue weighted by atomic mass is 127. The predicted molar refractivity (Wildman–Crippen MR) is 108 cm³/mol. The fourth-order valence-corrected chi connectivity index (χ4v) is 2.68. The summed E-state index contributed by atoms with van der Waals surface area (Å²) in [6.07, 6.45) is 3.31. The van der Waals surface area contributed by atoms with Gasteiger partial charge >= 0.3 is 5.97 Å². The Morgan fingerprint density at radius 1 is 1.19 bits per heavy atom. The van der Waals surface area contributed by atoms with Crippen molar-refractivity contribution in [2.24, 2.45) is 4.99 Å². The first kappa shape index (κ1) is 18.2. The molecule has 0 aliphatic carbocycles. The molecule has 0 amide bonds. The van der Waals surface area contributed by atoms with Gasteiger partial charge in [0, 0.05) is 9.13 Å². The van der Waals surface area contributed by atoms with Gasteiger partial charge in [0.05, 0.1) is 7.11 Å². The van der Waals surface area contributed by atoms with E-state index < -0.39 is 5.97 Å². The van der Waals surface area contributed by atoms with Gasteiger partial charge in [-0.3, -0.25) is 0 Å². The minimum absolute atomic E-state index is 0.236. The molecule has 0 N–H and O–H groups in total. The molecule has 6 heteroatoms. The number of rotatable bonds is 6. The molecule has 0 unspecified atom stereocenters. The molecule has 1 aliphatic heterocycles. The molecular weight excluding hydrogens is 445 g/mol. The lowest BCUT2D eigenvalue weighted by molar-refractivity contribution is -0.129. The van der Waals surface area contributed by atoms with Crippen molar-refractivity contribution in [2.75, 3.05) is 13.7 Å². The molecule has 1 heterocycles. The van der Waals surface area contributed by atoms with Crippen LogP contribution in [0.4, 0.5) is 0 Å². The molecule has 0 saturated carbocycles. The molecule has 0 fully saturated rings. The summed E-state index contributed by atoms with van der Waals surface area (Å²) in [7, 11) is 1.56. The van der Waals surface area contributed by atoms with Crippen molar-refractivity contribution in [2.45, 2.75) is 0 Å². The van der Waals surface area contributed by atoms with Gasteiger partial charge in [-0.25, -0.2) is 9.79 Å². The molecule has 1 aliphatic rings. The molecule has 0 saturated heterocycles. The number of aliphatic imine (C=N–C) groups is 1. The normalized spacial score (nSPS) is 14.8. The van der Waals surface area contributed by atoms with Gasteiger partial charge in [0.2, 0.25) is 5.90 Å². The average molecular weight is 461 g/mol. The number of esters is 1. The third-order valence-electron chi connectivity index (χ3n) is 3.56. The Bertz CT molecular complexity index is 901. The topological polar surface area (TPSA) is 57.1 Å². The molecule has 2 aromatic carbocycles. The number of methoxy groups -OCH3 is 1. The molecule has 0 radical (unpaired) electrons. The van der Waals surface area contributed by atoms with Crippen LogP contribution in [-0.2, 0) is 9.53 Å². The Kier molecular flexibility index (Phi) is 5.72. The maximum Gasteiger partial charge on any atom is 0.363 e. The Labute approximate surface area is 165 Å². The Hall–Kier alpha value is -2.61. The van der Waals surface area contributed by atoms with Crippen molar-refractivity contribution in [3.63, 3.8) is 0 Å². The van der Waals surface area contributed by atoms with Crippen LogP contribution in [0.15, 0.2) is 65.8 Å². The fraction of sp³-hybridized carbons (Fsp3) is 0.100. The summed E-state index contributed by atoms with van der Waals surface area (Å²) >= 11 is 2.21. The summed E-state index contributed by atoms with van der Waals surface area (Å²) in [6.45, 7) is 4.00. The van der Waals surface area contributed by atoms with Crippen LogP contribution in [0, 0.1) is 3.57 Å². The minimum Gasteiger partial charge on any atom is -0.493 e. The van der Waals surface area contributed by atoms with Gasteiger partial charge in [0.1, 0.15) is 6.61 Å². The Morgan fingerprint density at radius 3 is 2.65 bits per heavy atom. The van der Waals surface area contributed by atoms with Crippen LogP contribution >= 0.6 is 22.6 Å². The number of hydrogen-bond acceptors (Lipinski definition) is 5. The highest BCUT2D eigenvalue weighted by Gasteiger charge is 2.24. The minimum atomic E-state index is -0.482. The Morgan fingerprint density at radius 2 is 1.96 bits per heavy atom. The predicted octanol–water partition coefficient (Wildman–Crippen LogP) is 4.21. The average Bonchev–Trinajstić information content (AvgIpc) is 3.01. The third-order valence-corrected chi connectivity index (χ3v) is 4.28. The maximum atomic E-state index is 12.1. The first-order chi connectivity index (χ1) is 12.6. The van der Waals surface area contributed by atoms with Gasteiger partial charge in [-0.2, -0.15) is 0 Å². The second-order valence-corrected chi connectivity index (χ2v) is 6.60. The Balaban J connectivity index is 1.88. The fourth-order valence-electron chi connectivity index (χ4n) is 2.32. The molecule has 26 heavy (non-hydrogen) atoms. The lowest BCUT2D eigenvalue weighted by atomic mass is 10.1. The quantitative estimate of drug-likeness (QED) is 0.280. The van der Waals surface area contributed by atoms with E-state index in [-0.39, 0.29) is 5.70 Å². The summed E-state index contributed by atoms with van der Waals surface area (Å²) in [5.41, 5.74) is 1.75. The van der Waals surface area contributed by atoms with Crippen molar-refractivity contribution in [3.8, 4) is 11.5 Å². The smallest absolute Gasteiger partial charge is 0.363 e. The van der Waals surface area contributed by atoms with E-state index in [4.69, 9.17) is 14.2 Å². The molecule has 0 atom stereocenters. The zero-order valence-electron chi connectivity index (χ0n) is 14.1. The van der Waals surface area contributed by atoms with E-state index in [9.17, 15) is 4.79 Å². The number of carbonyl (C=O) groups is 1. The van der Waals surface area contributed by atoms with E-state index in [0.29, 0.717) is 24.0 Å². The van der Waals surface area contributed by atoms with Gasteiger partial charge in [0.25, 0.3) is 0 Å². The van der Waals surface area contributed by atoms with Crippen LogP contribution in [0.2, 0.25) is 0 Å². The number of ether oxygens (including phenoxy) is 3. The van der Waals surface area contributed by atoms with Crippen molar-refractivity contribution < 1.29 is 19.0 Å². The number of hydrogen-bond donors (Lipinski definition) is 0. The standard InChI is InChI=1S/C20H16INO4/c1-3-10-25-17-9-4-13(12-18(17)24-2)11-16-20(23)26-19(22-16)14-5-7-15(21)8-6-14/h3-9,11-12H,1,10H2,2H3/b16-11+. The highest BCUT2D eigenvalue weighted by Crippen LogP contribution is 2.29. The summed E-state index contributed by atoms with van der Waals surface area (Å²) in [5, 5.41) is 0. The van der Waals surface area contributed by atoms with Crippen molar-refractivity contribution in [3.05, 3.63) is 75.5 Å². The molecule has 0 bridgehead atoms. The number of benzene rings is 2. The maximum absolute atomic E-state index is 12.1. The monoisotopic (exact) mass is 461 g/mol. The summed E-state index contributed by atoms with van der Waals surface area (Å²) in [6, 6.07) is 13.0. The lowest BCUT2D eigenvalue weighted by Crippen LogP contribution is -2.05. The highest BCUT2D eigenvalue weighted by molar-refractivity contribution is 14.1. The number of nitrogens with zero attached hydrogens (tertiary/aromatic N) is 1. The van der Waals surface area contributed by atoms with Crippen molar-refractivity contribution >= 4 is 40.5 Å². The molecule has 2 aromatic rings. The first-order valence-electron chi connectivity index (χ1n) is 7.81. The largest absolute Gasteiger partial charge is 0.493 e. The SMILES string of the molecule is C=CCOc1ccc(/C=C2/N=C(c3ccc(I)cc3)OC2=O)cc1OC. The molecule has 0 aromatic heterocycles. The second-order valence-electron chi connectivity index (χ2n) is 5.35. The summed E-state index contributed by atoms with van der Waals surface area (Å²) in [5.74, 6) is 0.987. The zero-order valence-corrected chi connectivity index (χ0v) is 16.2. The van der Waals surface area contributed by atoms with Crippen LogP contribution < -0.4 is 9.47 Å².